The topological polar surface area (TPSA) is 447 Å². The summed E-state index contributed by atoms with van der Waals surface area (Å²) < 4.78 is 38.7. The first-order valence-electron chi connectivity index (χ1n) is 18.9. The lowest BCUT2D eigenvalue weighted by atomic mass is 9.80. The van der Waals surface area contributed by atoms with Crippen LogP contribution in [-0.4, -0.2) is 152 Å². The fourth-order valence-electron chi connectivity index (χ4n) is 7.74. The number of hydrogen-bond acceptors (Lipinski definition) is 26. The monoisotopic (exact) mass is 952 g/mol. The number of aromatic hydroxyl groups is 11. The standard InChI is InChI=1S/C41H28O27/c42-13-1-8(2-14(43)24(13)49)35(56)68-41-34-33-31(64-39(60)12(6-19(47)48)22-23-11(38(59)67-34)5-17(46)27(52)32(23)65-40(61)30(22)55)18(63-41)7-62-36(57)9-3-15(44)25(50)28(53)20(9)21-10(37(58)66-33)4-16(45)26(51)29(21)54/h1-6,18,22,30-31,33-34,41-46,49-55H,7H2,(H,47,48)/t18-,22+,30-,31-,33+,34-,41+/m1/s1. The molecule has 1 fully saturated rings. The number of phenolic OH excluding ortho intramolecular Hbond substituents is 11. The number of ether oxygens (including phenoxy) is 7. The molecule has 1 saturated heterocycles. The van der Waals surface area contributed by atoms with E-state index >= 15 is 0 Å². The van der Waals surface area contributed by atoms with Crippen LogP contribution in [0, 0.1) is 0 Å². The highest BCUT2D eigenvalue weighted by Gasteiger charge is 2.57. The summed E-state index contributed by atoms with van der Waals surface area (Å²) in [7, 11) is 0. The van der Waals surface area contributed by atoms with Gasteiger partial charge in [-0.3, -0.25) is 0 Å². The average Bonchev–Trinajstić information content (AvgIpc) is 3.28. The largest absolute Gasteiger partial charge is 0.504 e. The molecule has 4 aliphatic heterocycles. The normalized spacial score (nSPS) is 23.8. The number of cyclic esters (lactones) is 1. The first-order valence-corrected chi connectivity index (χ1v) is 18.9. The van der Waals surface area contributed by atoms with Gasteiger partial charge in [0, 0.05) is 22.8 Å². The van der Waals surface area contributed by atoms with Crippen LogP contribution in [0.15, 0.2) is 42.0 Å². The summed E-state index contributed by atoms with van der Waals surface area (Å²) in [6.07, 6.45) is -15.0. The highest BCUT2D eigenvalue weighted by molar-refractivity contribution is 6.09. The second-order valence-electron chi connectivity index (χ2n) is 14.9. The van der Waals surface area contributed by atoms with Crippen LogP contribution in [0.1, 0.15) is 52.9 Å². The van der Waals surface area contributed by atoms with Crippen LogP contribution in [0.2, 0.25) is 0 Å². The second kappa shape index (κ2) is 16.3. The number of phenols is 11. The van der Waals surface area contributed by atoms with Crippen molar-refractivity contribution in [1.82, 2.24) is 0 Å². The van der Waals surface area contributed by atoms with Gasteiger partial charge in [-0.15, -0.1) is 0 Å². The van der Waals surface area contributed by atoms with Crippen LogP contribution in [0.4, 0.5) is 0 Å². The molecular weight excluding hydrogens is 924 g/mol. The summed E-state index contributed by atoms with van der Waals surface area (Å²) in [4.78, 5) is 96.6. The van der Waals surface area contributed by atoms with Gasteiger partial charge in [0.15, 0.2) is 70.1 Å². The van der Waals surface area contributed by atoms with Gasteiger partial charge in [-0.25, -0.2) is 33.6 Å². The maximum atomic E-state index is 14.6. The van der Waals surface area contributed by atoms with Gasteiger partial charge in [-0.1, -0.05) is 0 Å². The smallest absolute Gasteiger partial charge is 0.341 e. The van der Waals surface area contributed by atoms with E-state index in [0.717, 1.165) is 0 Å². The summed E-state index contributed by atoms with van der Waals surface area (Å²) in [5.74, 6) is -30.4. The van der Waals surface area contributed by atoms with Gasteiger partial charge in [0.05, 0.1) is 33.7 Å². The Balaban J connectivity index is 1.40. The highest BCUT2D eigenvalue weighted by Crippen LogP contribution is 2.54. The van der Waals surface area contributed by atoms with Crippen LogP contribution < -0.4 is 4.74 Å². The molecule has 7 atom stereocenters. The summed E-state index contributed by atoms with van der Waals surface area (Å²) >= 11 is 0. The first-order chi connectivity index (χ1) is 32.0. The number of carboxylic acids is 1. The van der Waals surface area contributed by atoms with Crippen molar-refractivity contribution >= 4 is 41.8 Å². The number of hydrogen-bond donors (Lipinski definition) is 13. The van der Waals surface area contributed by atoms with E-state index < -0.39 is 205 Å². The number of fused-ring (bicyclic) bond motifs is 3. The predicted molar refractivity (Wildman–Crippen MR) is 206 cm³/mol. The van der Waals surface area contributed by atoms with Crippen molar-refractivity contribution in [3.8, 4) is 80.1 Å². The number of esters is 6. The first kappa shape index (κ1) is 45.2. The minimum absolute atomic E-state index is 0.0672. The molecule has 27 nitrogen and oxygen atoms in total. The van der Waals surface area contributed by atoms with Crippen LogP contribution >= 0.6 is 0 Å². The third-order valence-electron chi connectivity index (χ3n) is 10.8. The molecule has 4 aromatic carbocycles. The van der Waals surface area contributed by atoms with Gasteiger partial charge >= 0.3 is 41.8 Å². The van der Waals surface area contributed by atoms with E-state index in [0.29, 0.717) is 30.3 Å². The molecule has 13 N–H and O–H groups in total. The number of carboxylic acid groups (broad SMARTS) is 1. The molecule has 0 aliphatic carbocycles. The van der Waals surface area contributed by atoms with Gasteiger partial charge in [-0.2, -0.15) is 0 Å². The van der Waals surface area contributed by atoms with E-state index in [1.54, 1.807) is 0 Å². The number of rotatable bonds is 3. The molecule has 0 amide bonds. The number of aliphatic hydroxyl groups is 1. The van der Waals surface area contributed by atoms with E-state index in [2.05, 4.69) is 0 Å². The Morgan fingerprint density at radius 2 is 1.09 bits per heavy atom. The minimum Gasteiger partial charge on any atom is -0.504 e. The van der Waals surface area contributed by atoms with E-state index in [1.807, 2.05) is 0 Å². The highest BCUT2D eigenvalue weighted by atomic mass is 16.7. The molecule has 0 saturated carbocycles. The Hall–Kier alpha value is -9.37. The van der Waals surface area contributed by atoms with Crippen molar-refractivity contribution in [3.05, 3.63) is 69.8 Å². The Kier molecular flexibility index (Phi) is 10.8. The van der Waals surface area contributed by atoms with Crippen molar-refractivity contribution in [2.24, 2.45) is 0 Å². The summed E-state index contributed by atoms with van der Waals surface area (Å²) in [5, 5.41) is 137. The Morgan fingerprint density at radius 3 is 1.68 bits per heavy atom. The zero-order valence-corrected chi connectivity index (χ0v) is 33.2. The lowest BCUT2D eigenvalue weighted by molar-refractivity contribution is -0.286. The summed E-state index contributed by atoms with van der Waals surface area (Å²) in [6.45, 7) is -1.33. The summed E-state index contributed by atoms with van der Waals surface area (Å²) in [6, 6.07) is 2.31. The molecule has 4 bridgehead atoms. The summed E-state index contributed by atoms with van der Waals surface area (Å²) in [5.41, 5.74) is -8.48. The molecule has 4 aliphatic rings. The zero-order chi connectivity index (χ0) is 49.5. The SMILES string of the molecule is O=C(O)C=C1C(=O)O[C@H]2[C@@H]3OC(=O)c4cc(O)c(O)c(O)c4-c4c(cc(O)c(O)c4O)C(=O)OC[C@H]2O[C@@H](OC(=O)c2cc(O)c(O)c(O)c2)[C@@H]3OC(=O)c2cc(O)c(O)c3c2[C@H]1[C@@H](O)C(=O)O3. The third-order valence-corrected chi connectivity index (χ3v) is 10.8. The van der Waals surface area contributed by atoms with Gasteiger partial charge in [-0.05, 0) is 30.3 Å². The van der Waals surface area contributed by atoms with E-state index in [-0.39, 0.29) is 6.08 Å². The fraction of sp³-hybridized carbons (Fsp3) is 0.195. The average molecular weight is 953 g/mol. The third kappa shape index (κ3) is 7.24. The van der Waals surface area contributed by atoms with Crippen molar-refractivity contribution in [2.45, 2.75) is 42.7 Å². The number of aliphatic carboxylic acids is 1. The fourth-order valence-corrected chi connectivity index (χ4v) is 7.74. The van der Waals surface area contributed by atoms with Crippen LogP contribution in [0.25, 0.3) is 11.1 Å². The maximum absolute atomic E-state index is 14.6. The lowest BCUT2D eigenvalue weighted by Gasteiger charge is -2.44. The van der Waals surface area contributed by atoms with E-state index in [9.17, 15) is 99.9 Å². The zero-order valence-electron chi connectivity index (χ0n) is 33.2. The van der Waals surface area contributed by atoms with Gasteiger partial charge in [0.25, 0.3) is 0 Å². The number of benzene rings is 4. The second-order valence-corrected chi connectivity index (χ2v) is 14.9. The van der Waals surface area contributed by atoms with Crippen molar-refractivity contribution in [3.63, 3.8) is 0 Å². The van der Waals surface area contributed by atoms with E-state index in [1.165, 1.54) is 0 Å². The molecule has 354 valence electrons. The van der Waals surface area contributed by atoms with Gasteiger partial charge in [0.1, 0.15) is 12.7 Å². The molecule has 8 rings (SSSR count). The molecule has 0 aromatic heterocycles. The van der Waals surface area contributed by atoms with Gasteiger partial charge in [0.2, 0.25) is 29.6 Å². The van der Waals surface area contributed by atoms with Crippen LogP contribution in [0.3, 0.4) is 0 Å². The van der Waals surface area contributed by atoms with Crippen LogP contribution in [0.5, 0.6) is 69.0 Å². The molecule has 4 heterocycles. The van der Waals surface area contributed by atoms with Crippen molar-refractivity contribution < 1.29 is 133 Å². The molecule has 68 heavy (non-hydrogen) atoms. The van der Waals surface area contributed by atoms with Crippen molar-refractivity contribution in [2.75, 3.05) is 6.61 Å². The molecule has 0 radical (unpaired) electrons. The Bertz CT molecular complexity index is 2960. The molecule has 0 spiro atoms. The molecule has 27 heteroatoms. The van der Waals surface area contributed by atoms with Crippen LogP contribution in [-0.2, 0) is 42.8 Å². The predicted octanol–water partition coefficient (Wildman–Crippen LogP) is -0.0816. The Labute approximate surface area is 373 Å². The maximum Gasteiger partial charge on any atom is 0.341 e. The number of aliphatic hydroxyl groups excluding tert-OH is 1. The molecular formula is C41H28O27. The lowest BCUT2D eigenvalue weighted by Crippen LogP contribution is -2.63. The number of carbonyl (C=O) groups excluding carboxylic acids is 6. The Morgan fingerprint density at radius 1 is 0.588 bits per heavy atom. The minimum atomic E-state index is -2.64. The number of carbonyl (C=O) groups is 7. The quantitative estimate of drug-likeness (QED) is 0.0420. The van der Waals surface area contributed by atoms with Gasteiger partial charge < -0.3 is 99.5 Å². The molecule has 0 unspecified atom stereocenters. The van der Waals surface area contributed by atoms with E-state index in [4.69, 9.17) is 33.2 Å². The van der Waals surface area contributed by atoms with Crippen molar-refractivity contribution in [1.29, 1.82) is 0 Å². The molecule has 4 aromatic rings.